The molecule has 0 bridgehead atoms. The minimum absolute atomic E-state index is 0.0854. The van der Waals surface area contributed by atoms with Crippen molar-refractivity contribution in [1.29, 1.82) is 0 Å². The standard InChI is InChI=1S/C19H31N3O2/c1-13-9-14(2)11-16(10-13)19(24)22-7-4-5-15(12-22)17(23)18-20-6-8-21(18)3/h6,8,13-17,23H,4-5,7,9-12H2,1-3H3. The number of rotatable bonds is 3. The molecule has 1 aliphatic heterocycles. The molecule has 1 saturated carbocycles. The van der Waals surface area contributed by atoms with Gasteiger partial charge in [-0.25, -0.2) is 4.98 Å². The van der Waals surface area contributed by atoms with Crippen LogP contribution >= 0.6 is 0 Å². The Morgan fingerprint density at radius 1 is 1.29 bits per heavy atom. The van der Waals surface area contributed by atoms with E-state index in [0.717, 1.165) is 32.2 Å². The first-order valence-electron chi connectivity index (χ1n) is 9.39. The zero-order valence-corrected chi connectivity index (χ0v) is 15.2. The summed E-state index contributed by atoms with van der Waals surface area (Å²) < 4.78 is 1.87. The van der Waals surface area contributed by atoms with E-state index >= 15 is 0 Å². The average Bonchev–Trinajstić information content (AvgIpc) is 2.98. The van der Waals surface area contributed by atoms with E-state index in [2.05, 4.69) is 18.8 Å². The maximum atomic E-state index is 13.0. The number of aryl methyl sites for hydroxylation is 1. The van der Waals surface area contributed by atoms with Crippen molar-refractivity contribution >= 4 is 5.91 Å². The lowest BCUT2D eigenvalue weighted by atomic mass is 9.76. The van der Waals surface area contributed by atoms with E-state index in [1.807, 2.05) is 22.7 Å². The molecule has 0 aromatic carbocycles. The molecule has 5 heteroatoms. The maximum Gasteiger partial charge on any atom is 0.225 e. The van der Waals surface area contributed by atoms with Gasteiger partial charge in [-0.1, -0.05) is 13.8 Å². The van der Waals surface area contributed by atoms with Gasteiger partial charge >= 0.3 is 0 Å². The van der Waals surface area contributed by atoms with Crippen molar-refractivity contribution in [3.63, 3.8) is 0 Å². The molecular weight excluding hydrogens is 302 g/mol. The van der Waals surface area contributed by atoms with Gasteiger partial charge in [-0.05, 0) is 43.9 Å². The highest BCUT2D eigenvalue weighted by atomic mass is 16.3. The molecule has 0 radical (unpaired) electrons. The van der Waals surface area contributed by atoms with Gasteiger partial charge in [0.05, 0.1) is 0 Å². The summed E-state index contributed by atoms with van der Waals surface area (Å²) >= 11 is 0. The molecule has 2 aliphatic rings. The first-order valence-corrected chi connectivity index (χ1v) is 9.39. The van der Waals surface area contributed by atoms with Crippen molar-refractivity contribution in [2.24, 2.45) is 30.7 Å². The average molecular weight is 333 g/mol. The van der Waals surface area contributed by atoms with Crippen LogP contribution in [0, 0.1) is 23.7 Å². The first-order chi connectivity index (χ1) is 11.5. The van der Waals surface area contributed by atoms with Crippen LogP contribution in [-0.2, 0) is 11.8 Å². The van der Waals surface area contributed by atoms with Crippen LogP contribution in [0.2, 0.25) is 0 Å². The van der Waals surface area contributed by atoms with Gasteiger partial charge in [-0.3, -0.25) is 4.79 Å². The summed E-state index contributed by atoms with van der Waals surface area (Å²) in [4.78, 5) is 19.3. The molecule has 24 heavy (non-hydrogen) atoms. The number of nitrogens with zero attached hydrogens (tertiary/aromatic N) is 3. The third-order valence-corrected chi connectivity index (χ3v) is 5.87. The highest BCUT2D eigenvalue weighted by molar-refractivity contribution is 5.79. The number of likely N-dealkylation sites (tertiary alicyclic amines) is 1. The van der Waals surface area contributed by atoms with E-state index < -0.39 is 6.10 Å². The molecule has 1 aromatic rings. The molecule has 1 amide bonds. The summed E-state index contributed by atoms with van der Waals surface area (Å²) in [7, 11) is 1.90. The lowest BCUT2D eigenvalue weighted by Crippen LogP contribution is -2.45. The molecule has 1 N–H and O–H groups in total. The second kappa shape index (κ2) is 7.26. The van der Waals surface area contributed by atoms with E-state index in [9.17, 15) is 9.90 Å². The summed E-state index contributed by atoms with van der Waals surface area (Å²) in [5.74, 6) is 2.55. The van der Waals surface area contributed by atoms with E-state index in [0.29, 0.717) is 30.1 Å². The van der Waals surface area contributed by atoms with E-state index in [4.69, 9.17) is 0 Å². The Morgan fingerprint density at radius 3 is 2.62 bits per heavy atom. The Morgan fingerprint density at radius 2 is 2.00 bits per heavy atom. The van der Waals surface area contributed by atoms with Crippen LogP contribution in [0.25, 0.3) is 0 Å². The number of carbonyl (C=O) groups is 1. The number of aliphatic hydroxyl groups is 1. The van der Waals surface area contributed by atoms with Gasteiger partial charge in [0.2, 0.25) is 5.91 Å². The molecule has 134 valence electrons. The highest BCUT2D eigenvalue weighted by Gasteiger charge is 2.36. The molecule has 0 spiro atoms. The number of amides is 1. The van der Waals surface area contributed by atoms with Gasteiger partial charge in [0.15, 0.2) is 0 Å². The minimum Gasteiger partial charge on any atom is -0.385 e. The number of hydrogen-bond donors (Lipinski definition) is 1. The van der Waals surface area contributed by atoms with Crippen LogP contribution in [0.15, 0.2) is 12.4 Å². The fourth-order valence-corrected chi connectivity index (χ4v) is 4.75. The number of piperidine rings is 1. The van der Waals surface area contributed by atoms with Crippen molar-refractivity contribution in [2.45, 2.75) is 52.1 Å². The highest BCUT2D eigenvalue weighted by Crippen LogP contribution is 2.35. The van der Waals surface area contributed by atoms with Gasteiger partial charge in [0.25, 0.3) is 0 Å². The minimum atomic E-state index is -0.593. The maximum absolute atomic E-state index is 13.0. The molecule has 2 fully saturated rings. The number of hydrogen-bond acceptors (Lipinski definition) is 3. The van der Waals surface area contributed by atoms with E-state index in [1.165, 1.54) is 6.42 Å². The van der Waals surface area contributed by atoms with Crippen LogP contribution in [0.1, 0.15) is 57.9 Å². The van der Waals surface area contributed by atoms with Crippen LogP contribution in [-0.4, -0.2) is 38.6 Å². The monoisotopic (exact) mass is 333 g/mol. The van der Waals surface area contributed by atoms with E-state index in [1.54, 1.807) is 6.20 Å². The van der Waals surface area contributed by atoms with Crippen LogP contribution in [0.5, 0.6) is 0 Å². The number of carbonyl (C=O) groups excluding carboxylic acids is 1. The third-order valence-electron chi connectivity index (χ3n) is 5.87. The molecule has 4 atom stereocenters. The Hall–Kier alpha value is -1.36. The topological polar surface area (TPSA) is 58.4 Å². The summed E-state index contributed by atoms with van der Waals surface area (Å²) in [6, 6.07) is 0. The van der Waals surface area contributed by atoms with Crippen molar-refractivity contribution < 1.29 is 9.90 Å². The smallest absolute Gasteiger partial charge is 0.225 e. The Kier molecular flexibility index (Phi) is 5.28. The first kappa shape index (κ1) is 17.5. The molecule has 1 aliphatic carbocycles. The second-order valence-electron chi connectivity index (χ2n) is 8.14. The normalized spacial score (nSPS) is 32.6. The van der Waals surface area contributed by atoms with Crippen molar-refractivity contribution in [3.05, 3.63) is 18.2 Å². The van der Waals surface area contributed by atoms with Gasteiger partial charge in [-0.15, -0.1) is 0 Å². The van der Waals surface area contributed by atoms with Gasteiger partial charge in [0.1, 0.15) is 11.9 Å². The third kappa shape index (κ3) is 3.66. The molecule has 1 aromatic heterocycles. The zero-order chi connectivity index (χ0) is 17.3. The predicted octanol–water partition coefficient (Wildman–Crippen LogP) is 2.76. The number of aliphatic hydroxyl groups excluding tert-OH is 1. The summed E-state index contributed by atoms with van der Waals surface area (Å²) in [6.07, 6.45) is 8.18. The predicted molar refractivity (Wildman–Crippen MR) is 93.1 cm³/mol. The summed E-state index contributed by atoms with van der Waals surface area (Å²) in [5.41, 5.74) is 0. The molecule has 5 nitrogen and oxygen atoms in total. The van der Waals surface area contributed by atoms with Crippen LogP contribution in [0.3, 0.4) is 0 Å². The molecule has 4 unspecified atom stereocenters. The fourth-order valence-electron chi connectivity index (χ4n) is 4.75. The molecule has 2 heterocycles. The number of aromatic nitrogens is 2. The lowest BCUT2D eigenvalue weighted by Gasteiger charge is -2.39. The van der Waals surface area contributed by atoms with E-state index in [-0.39, 0.29) is 11.8 Å². The SMILES string of the molecule is CC1CC(C)CC(C(=O)N2CCCC(C(O)c3nccn3C)C2)C1. The summed E-state index contributed by atoms with van der Waals surface area (Å²) in [5, 5.41) is 10.7. The Bertz CT molecular complexity index is 561. The van der Waals surface area contributed by atoms with Gasteiger partial charge in [-0.2, -0.15) is 0 Å². The second-order valence-corrected chi connectivity index (χ2v) is 8.14. The van der Waals surface area contributed by atoms with Crippen molar-refractivity contribution in [2.75, 3.05) is 13.1 Å². The molecule has 1 saturated heterocycles. The van der Waals surface area contributed by atoms with Crippen LogP contribution < -0.4 is 0 Å². The Labute approximate surface area is 145 Å². The van der Waals surface area contributed by atoms with Crippen LogP contribution in [0.4, 0.5) is 0 Å². The lowest BCUT2D eigenvalue weighted by molar-refractivity contribution is -0.140. The fraction of sp³-hybridized carbons (Fsp3) is 0.789. The zero-order valence-electron chi connectivity index (χ0n) is 15.2. The van der Waals surface area contributed by atoms with Gasteiger partial charge in [0, 0.05) is 44.4 Å². The largest absolute Gasteiger partial charge is 0.385 e. The van der Waals surface area contributed by atoms with Crippen molar-refractivity contribution in [3.8, 4) is 0 Å². The Balaban J connectivity index is 1.64. The molecular formula is C19H31N3O2. The summed E-state index contributed by atoms with van der Waals surface area (Å²) in [6.45, 7) is 6.02. The van der Waals surface area contributed by atoms with Gasteiger partial charge < -0.3 is 14.6 Å². The number of imidazole rings is 1. The van der Waals surface area contributed by atoms with Crippen molar-refractivity contribution in [1.82, 2.24) is 14.5 Å². The molecule has 3 rings (SSSR count). The quantitative estimate of drug-likeness (QED) is 0.925.